The van der Waals surface area contributed by atoms with Crippen LogP contribution in [-0.2, 0) is 14.8 Å². The van der Waals surface area contributed by atoms with Gasteiger partial charge in [0, 0.05) is 9.26 Å². The first-order chi connectivity index (χ1) is 14.6. The summed E-state index contributed by atoms with van der Waals surface area (Å²) in [5.41, 5.74) is 4.73. The number of carbonyl (C=O) groups is 1. The Balaban J connectivity index is 2.00. The van der Waals surface area contributed by atoms with Crippen molar-refractivity contribution in [3.05, 3.63) is 86.5 Å². The number of carbonyl (C=O) groups excluding carboxylic acids is 1. The van der Waals surface area contributed by atoms with Crippen molar-refractivity contribution in [3.63, 3.8) is 0 Å². The molecule has 0 spiro atoms. The molecule has 0 aromatic heterocycles. The number of anilines is 2. The van der Waals surface area contributed by atoms with Gasteiger partial charge < -0.3 is 5.32 Å². The molecule has 3 aromatic rings. The minimum Gasteiger partial charge on any atom is -0.324 e. The third-order valence-electron chi connectivity index (χ3n) is 4.99. The van der Waals surface area contributed by atoms with E-state index in [9.17, 15) is 13.2 Å². The molecular formula is C24H25IN2O3S. The number of rotatable bonds is 6. The fraction of sp³-hybridized carbons (Fsp3) is 0.208. The van der Waals surface area contributed by atoms with Gasteiger partial charge in [-0.15, -0.1) is 0 Å². The molecule has 5 nitrogen and oxygen atoms in total. The second-order valence-corrected chi connectivity index (χ2v) is 10.7. The number of aryl methyl sites for hydroxylation is 4. The maximum absolute atomic E-state index is 13.6. The van der Waals surface area contributed by atoms with Gasteiger partial charge in [-0.25, -0.2) is 8.42 Å². The van der Waals surface area contributed by atoms with Crippen LogP contribution in [0, 0.1) is 31.3 Å². The minimum atomic E-state index is -3.94. The second kappa shape index (κ2) is 9.40. The van der Waals surface area contributed by atoms with Crippen LogP contribution in [0.1, 0.15) is 22.3 Å². The lowest BCUT2D eigenvalue weighted by molar-refractivity contribution is -0.114. The van der Waals surface area contributed by atoms with Crippen molar-refractivity contribution in [1.29, 1.82) is 0 Å². The number of hydrogen-bond acceptors (Lipinski definition) is 3. The fourth-order valence-electron chi connectivity index (χ4n) is 3.21. The summed E-state index contributed by atoms with van der Waals surface area (Å²) < 4.78 is 29.4. The first-order valence-electron chi connectivity index (χ1n) is 9.80. The third-order valence-corrected chi connectivity index (χ3v) is 7.44. The lowest BCUT2D eigenvalue weighted by Crippen LogP contribution is -2.38. The quantitative estimate of drug-likeness (QED) is 0.422. The monoisotopic (exact) mass is 548 g/mol. The zero-order chi connectivity index (χ0) is 22.8. The summed E-state index contributed by atoms with van der Waals surface area (Å²) in [6.07, 6.45) is 0. The Morgan fingerprint density at radius 1 is 0.871 bits per heavy atom. The highest BCUT2D eigenvalue weighted by Gasteiger charge is 2.28. The van der Waals surface area contributed by atoms with E-state index in [0.717, 1.165) is 25.8 Å². The van der Waals surface area contributed by atoms with E-state index in [2.05, 4.69) is 27.9 Å². The Morgan fingerprint density at radius 2 is 1.52 bits per heavy atom. The van der Waals surface area contributed by atoms with Crippen LogP contribution in [-0.4, -0.2) is 20.9 Å². The van der Waals surface area contributed by atoms with Gasteiger partial charge in [-0.05, 0) is 103 Å². The van der Waals surface area contributed by atoms with Crippen LogP contribution in [0.4, 0.5) is 11.4 Å². The van der Waals surface area contributed by atoms with Gasteiger partial charge in [0.05, 0.1) is 10.6 Å². The highest BCUT2D eigenvalue weighted by Crippen LogP contribution is 2.28. The molecule has 31 heavy (non-hydrogen) atoms. The standard InChI is InChI=1S/C24H25IN2O3S/c1-16-6-10-21(11-7-16)31(29,30)27(23-13-17(2)5-8-18(23)3)15-24(28)26-22-12-9-20(25)14-19(22)4/h5-14H,15H2,1-4H3,(H,26,28). The molecule has 1 N–H and O–H groups in total. The molecule has 0 aliphatic carbocycles. The van der Waals surface area contributed by atoms with E-state index in [4.69, 9.17) is 0 Å². The molecule has 0 aliphatic rings. The van der Waals surface area contributed by atoms with Crippen LogP contribution in [0.3, 0.4) is 0 Å². The van der Waals surface area contributed by atoms with E-state index < -0.39 is 15.9 Å². The average Bonchev–Trinajstić information content (AvgIpc) is 2.70. The molecule has 162 valence electrons. The van der Waals surface area contributed by atoms with Crippen LogP contribution in [0.2, 0.25) is 0 Å². The van der Waals surface area contributed by atoms with Gasteiger partial charge in [0.2, 0.25) is 5.91 Å². The maximum Gasteiger partial charge on any atom is 0.264 e. The lowest BCUT2D eigenvalue weighted by atomic mass is 10.1. The minimum absolute atomic E-state index is 0.150. The zero-order valence-corrected chi connectivity index (χ0v) is 20.9. The zero-order valence-electron chi connectivity index (χ0n) is 17.9. The summed E-state index contributed by atoms with van der Waals surface area (Å²) in [5.74, 6) is -0.402. The highest BCUT2D eigenvalue weighted by molar-refractivity contribution is 14.1. The lowest BCUT2D eigenvalue weighted by Gasteiger charge is -2.26. The highest BCUT2D eigenvalue weighted by atomic mass is 127. The molecular weight excluding hydrogens is 523 g/mol. The molecule has 0 unspecified atom stereocenters. The fourth-order valence-corrected chi connectivity index (χ4v) is 5.34. The smallest absolute Gasteiger partial charge is 0.264 e. The molecule has 0 saturated heterocycles. The van der Waals surface area contributed by atoms with Crippen molar-refractivity contribution in [2.45, 2.75) is 32.6 Å². The van der Waals surface area contributed by atoms with Crippen LogP contribution in [0.25, 0.3) is 0 Å². The molecule has 3 rings (SSSR count). The van der Waals surface area contributed by atoms with Crippen LogP contribution in [0.15, 0.2) is 65.6 Å². The van der Waals surface area contributed by atoms with Gasteiger partial charge in [0.1, 0.15) is 6.54 Å². The molecule has 0 heterocycles. The normalized spacial score (nSPS) is 11.3. The summed E-state index contributed by atoms with van der Waals surface area (Å²) >= 11 is 2.21. The van der Waals surface area contributed by atoms with Crippen LogP contribution in [0.5, 0.6) is 0 Å². The number of benzene rings is 3. The average molecular weight is 548 g/mol. The van der Waals surface area contributed by atoms with Gasteiger partial charge in [0.25, 0.3) is 10.0 Å². The molecule has 3 aromatic carbocycles. The Kier molecular flexibility index (Phi) is 7.06. The van der Waals surface area contributed by atoms with Crippen molar-refractivity contribution in [3.8, 4) is 0 Å². The molecule has 0 radical (unpaired) electrons. The molecule has 1 amide bonds. The third kappa shape index (κ3) is 5.46. The van der Waals surface area contributed by atoms with E-state index in [1.165, 1.54) is 4.31 Å². The first kappa shape index (κ1) is 23.3. The van der Waals surface area contributed by atoms with Gasteiger partial charge >= 0.3 is 0 Å². The summed E-state index contributed by atoms with van der Waals surface area (Å²) in [6.45, 7) is 7.22. The summed E-state index contributed by atoms with van der Waals surface area (Å²) in [5, 5.41) is 2.86. The molecule has 0 fully saturated rings. The number of hydrogen-bond donors (Lipinski definition) is 1. The number of halogens is 1. The maximum atomic E-state index is 13.6. The molecule has 0 bridgehead atoms. The van der Waals surface area contributed by atoms with E-state index in [0.29, 0.717) is 11.4 Å². The number of nitrogens with zero attached hydrogens (tertiary/aromatic N) is 1. The SMILES string of the molecule is Cc1ccc(S(=O)(=O)N(CC(=O)Nc2ccc(I)cc2C)c2cc(C)ccc2C)cc1. The summed E-state index contributed by atoms with van der Waals surface area (Å²) in [7, 11) is -3.94. The second-order valence-electron chi connectivity index (χ2n) is 7.62. The van der Waals surface area contributed by atoms with Crippen molar-refractivity contribution < 1.29 is 13.2 Å². The van der Waals surface area contributed by atoms with E-state index >= 15 is 0 Å². The predicted molar refractivity (Wildman–Crippen MR) is 134 cm³/mol. The molecule has 7 heteroatoms. The predicted octanol–water partition coefficient (Wildman–Crippen LogP) is 5.36. The first-order valence-corrected chi connectivity index (χ1v) is 12.3. The van der Waals surface area contributed by atoms with Crippen molar-refractivity contribution >= 4 is 49.9 Å². The van der Waals surface area contributed by atoms with E-state index in [1.807, 2.05) is 58.0 Å². The largest absolute Gasteiger partial charge is 0.324 e. The van der Waals surface area contributed by atoms with Gasteiger partial charge in [-0.1, -0.05) is 29.8 Å². The molecule has 0 atom stereocenters. The van der Waals surface area contributed by atoms with Crippen LogP contribution >= 0.6 is 22.6 Å². The summed E-state index contributed by atoms with van der Waals surface area (Å²) in [6, 6.07) is 17.9. The Hall–Kier alpha value is -2.39. The molecule has 0 aliphatic heterocycles. The number of amides is 1. The molecule has 0 saturated carbocycles. The van der Waals surface area contributed by atoms with Crippen molar-refractivity contribution in [1.82, 2.24) is 0 Å². The Labute approximate surface area is 197 Å². The van der Waals surface area contributed by atoms with E-state index in [1.54, 1.807) is 30.3 Å². The van der Waals surface area contributed by atoms with Gasteiger partial charge in [-0.3, -0.25) is 9.10 Å². The van der Waals surface area contributed by atoms with Crippen molar-refractivity contribution in [2.75, 3.05) is 16.2 Å². The van der Waals surface area contributed by atoms with Gasteiger partial charge in [-0.2, -0.15) is 0 Å². The van der Waals surface area contributed by atoms with Crippen LogP contribution < -0.4 is 9.62 Å². The topological polar surface area (TPSA) is 66.5 Å². The summed E-state index contributed by atoms with van der Waals surface area (Å²) in [4.78, 5) is 13.1. The Morgan fingerprint density at radius 3 is 2.16 bits per heavy atom. The number of nitrogens with one attached hydrogen (secondary N) is 1. The van der Waals surface area contributed by atoms with Crippen molar-refractivity contribution in [2.24, 2.45) is 0 Å². The Bertz CT molecular complexity index is 1220. The van der Waals surface area contributed by atoms with E-state index in [-0.39, 0.29) is 11.4 Å². The van der Waals surface area contributed by atoms with Gasteiger partial charge in [0.15, 0.2) is 0 Å². The number of sulfonamides is 1.